The first-order chi connectivity index (χ1) is 13.4. The molecule has 2 unspecified atom stereocenters. The molecule has 29 heavy (non-hydrogen) atoms. The maximum absolute atomic E-state index is 12.0. The number of nitrogens with zero attached hydrogens (tertiary/aromatic N) is 1. The van der Waals surface area contributed by atoms with E-state index in [1.165, 1.54) is 38.5 Å². The van der Waals surface area contributed by atoms with Crippen molar-refractivity contribution in [3.05, 3.63) is 0 Å². The van der Waals surface area contributed by atoms with Gasteiger partial charge in [0.15, 0.2) is 15.8 Å². The molecular formula is C20H39IN4O3S. The van der Waals surface area contributed by atoms with E-state index in [9.17, 15) is 13.2 Å². The third-order valence-corrected chi connectivity index (χ3v) is 7.43. The second-order valence-corrected chi connectivity index (χ2v) is 10.5. The fraction of sp³-hybridized carbons (Fsp3) is 0.900. The van der Waals surface area contributed by atoms with Gasteiger partial charge in [-0.1, -0.05) is 32.1 Å². The highest BCUT2D eigenvalue weighted by molar-refractivity contribution is 14.0. The summed E-state index contributed by atoms with van der Waals surface area (Å²) in [5, 5.41) is 9.49. The number of hydrogen-bond donors (Lipinski definition) is 3. The molecule has 3 N–H and O–H groups in total. The minimum atomic E-state index is -2.97. The van der Waals surface area contributed by atoms with Crippen LogP contribution in [0.5, 0.6) is 0 Å². The average Bonchev–Trinajstić information content (AvgIpc) is 2.99. The van der Waals surface area contributed by atoms with Crippen LogP contribution in [0, 0.1) is 5.92 Å². The Kier molecular flexibility index (Phi) is 12.5. The molecule has 0 radical (unpaired) electrons. The minimum Gasteiger partial charge on any atom is -0.357 e. The van der Waals surface area contributed by atoms with Gasteiger partial charge in [-0.25, -0.2) is 8.42 Å². The van der Waals surface area contributed by atoms with Gasteiger partial charge >= 0.3 is 0 Å². The summed E-state index contributed by atoms with van der Waals surface area (Å²) in [5.41, 5.74) is 0. The number of guanidine groups is 1. The van der Waals surface area contributed by atoms with Crippen LogP contribution in [-0.2, 0) is 14.6 Å². The molecule has 0 aromatic heterocycles. The lowest BCUT2D eigenvalue weighted by Gasteiger charge is -2.24. The molecule has 2 atom stereocenters. The Bertz CT molecular complexity index is 621. The van der Waals surface area contributed by atoms with Gasteiger partial charge in [-0.05, 0) is 39.0 Å². The summed E-state index contributed by atoms with van der Waals surface area (Å²) in [7, 11) is -2.97. The molecule has 7 nitrogen and oxygen atoms in total. The number of hydrogen-bond acceptors (Lipinski definition) is 4. The lowest BCUT2D eigenvalue weighted by atomic mass is 9.85. The van der Waals surface area contributed by atoms with E-state index in [2.05, 4.69) is 27.9 Å². The normalized spacial score (nSPS) is 23.1. The van der Waals surface area contributed by atoms with Gasteiger partial charge < -0.3 is 16.0 Å². The first kappa shape index (κ1) is 26.5. The van der Waals surface area contributed by atoms with Gasteiger partial charge in [0.1, 0.15) is 0 Å². The summed E-state index contributed by atoms with van der Waals surface area (Å²) in [6.07, 6.45) is 10.1. The van der Waals surface area contributed by atoms with Crippen LogP contribution in [0.2, 0.25) is 0 Å². The molecule has 2 rings (SSSR count). The summed E-state index contributed by atoms with van der Waals surface area (Å²) in [6.45, 7) is 5.36. The molecule has 9 heteroatoms. The predicted octanol–water partition coefficient (Wildman–Crippen LogP) is 2.60. The molecule has 1 saturated heterocycles. The van der Waals surface area contributed by atoms with Crippen molar-refractivity contribution in [3.63, 3.8) is 0 Å². The van der Waals surface area contributed by atoms with Gasteiger partial charge in [-0.3, -0.25) is 9.79 Å². The first-order valence-electron chi connectivity index (χ1n) is 10.9. The quantitative estimate of drug-likeness (QED) is 0.236. The third-order valence-electron chi connectivity index (χ3n) is 5.67. The zero-order valence-electron chi connectivity index (χ0n) is 17.9. The van der Waals surface area contributed by atoms with Crippen LogP contribution in [0.1, 0.15) is 71.6 Å². The van der Waals surface area contributed by atoms with Crippen LogP contribution in [0.15, 0.2) is 4.99 Å². The molecule has 1 heterocycles. The zero-order chi connectivity index (χ0) is 20.4. The summed E-state index contributed by atoms with van der Waals surface area (Å²) >= 11 is 0. The van der Waals surface area contributed by atoms with Crippen molar-refractivity contribution in [2.45, 2.75) is 83.7 Å². The highest BCUT2D eigenvalue weighted by Crippen LogP contribution is 2.27. The van der Waals surface area contributed by atoms with Gasteiger partial charge in [-0.15, -0.1) is 24.0 Å². The summed E-state index contributed by atoms with van der Waals surface area (Å²) in [6, 6.07) is 0.102. The van der Waals surface area contributed by atoms with Gasteiger partial charge in [0.2, 0.25) is 5.91 Å². The van der Waals surface area contributed by atoms with E-state index in [0.717, 1.165) is 24.8 Å². The molecule has 2 aliphatic rings. The highest BCUT2D eigenvalue weighted by Gasteiger charge is 2.28. The monoisotopic (exact) mass is 542 g/mol. The fourth-order valence-corrected chi connectivity index (χ4v) is 5.74. The SMILES string of the molecule is CCNC(=NCCC(=O)NC1CCS(=O)(=O)C1)NC(C)CCC1CCCCC1.I. The van der Waals surface area contributed by atoms with E-state index in [1.807, 2.05) is 6.92 Å². The van der Waals surface area contributed by atoms with E-state index in [-0.39, 0.29) is 53.9 Å². The van der Waals surface area contributed by atoms with Crippen molar-refractivity contribution < 1.29 is 13.2 Å². The van der Waals surface area contributed by atoms with Crippen molar-refractivity contribution in [2.75, 3.05) is 24.6 Å². The largest absolute Gasteiger partial charge is 0.357 e. The van der Waals surface area contributed by atoms with Crippen LogP contribution >= 0.6 is 24.0 Å². The Balaban J connectivity index is 0.00000420. The molecule has 0 aromatic rings. The second kappa shape index (κ2) is 13.7. The molecule has 1 saturated carbocycles. The van der Waals surface area contributed by atoms with Crippen molar-refractivity contribution in [1.29, 1.82) is 0 Å². The number of amides is 1. The summed E-state index contributed by atoms with van der Waals surface area (Å²) in [4.78, 5) is 16.5. The van der Waals surface area contributed by atoms with Crippen LogP contribution < -0.4 is 16.0 Å². The summed E-state index contributed by atoms with van der Waals surface area (Å²) < 4.78 is 22.9. The Hall–Kier alpha value is -0.580. The maximum atomic E-state index is 12.0. The predicted molar refractivity (Wildman–Crippen MR) is 130 cm³/mol. The van der Waals surface area contributed by atoms with Crippen molar-refractivity contribution in [3.8, 4) is 0 Å². The molecule has 170 valence electrons. The Morgan fingerprint density at radius 2 is 1.90 bits per heavy atom. The first-order valence-corrected chi connectivity index (χ1v) is 12.7. The third kappa shape index (κ3) is 10.8. The van der Waals surface area contributed by atoms with E-state index in [0.29, 0.717) is 19.0 Å². The van der Waals surface area contributed by atoms with Gasteiger partial charge in [-0.2, -0.15) is 0 Å². The molecule has 2 fully saturated rings. The number of carbonyl (C=O) groups excluding carboxylic acids is 1. The molecule has 0 bridgehead atoms. The maximum Gasteiger partial charge on any atom is 0.222 e. The second-order valence-electron chi connectivity index (χ2n) is 8.30. The fourth-order valence-electron chi connectivity index (χ4n) is 4.07. The molecular weight excluding hydrogens is 503 g/mol. The smallest absolute Gasteiger partial charge is 0.222 e. The number of rotatable bonds is 9. The van der Waals surface area contributed by atoms with Crippen molar-refractivity contribution in [1.82, 2.24) is 16.0 Å². The van der Waals surface area contributed by atoms with Crippen LogP contribution in [0.3, 0.4) is 0 Å². The lowest BCUT2D eigenvalue weighted by Crippen LogP contribution is -2.42. The summed E-state index contributed by atoms with van der Waals surface area (Å²) in [5.74, 6) is 1.72. The number of sulfone groups is 1. The number of halogens is 1. The van der Waals surface area contributed by atoms with Crippen LogP contribution in [0.4, 0.5) is 0 Å². The van der Waals surface area contributed by atoms with Crippen LogP contribution in [-0.4, -0.2) is 57.0 Å². The standard InChI is InChI=1S/C20H38N4O3S.HI/c1-3-21-20(23-16(2)9-10-17-7-5-4-6-8-17)22-13-11-19(25)24-18-12-14-28(26,27)15-18;/h16-18H,3-15H2,1-2H3,(H,24,25)(H2,21,22,23);1H. The minimum absolute atomic E-state index is 0. The average molecular weight is 543 g/mol. The number of carbonyl (C=O) groups is 1. The molecule has 0 aromatic carbocycles. The molecule has 1 aliphatic carbocycles. The lowest BCUT2D eigenvalue weighted by molar-refractivity contribution is -0.121. The van der Waals surface area contributed by atoms with Crippen LogP contribution in [0.25, 0.3) is 0 Å². The van der Waals surface area contributed by atoms with Crippen molar-refractivity contribution in [2.24, 2.45) is 10.9 Å². The molecule has 1 aliphatic heterocycles. The Labute approximate surface area is 193 Å². The van der Waals surface area contributed by atoms with E-state index >= 15 is 0 Å². The van der Waals surface area contributed by atoms with E-state index < -0.39 is 9.84 Å². The van der Waals surface area contributed by atoms with Gasteiger partial charge in [0, 0.05) is 25.0 Å². The highest BCUT2D eigenvalue weighted by atomic mass is 127. The number of nitrogens with one attached hydrogen (secondary N) is 3. The molecule has 0 spiro atoms. The van der Waals surface area contributed by atoms with Gasteiger partial charge in [0.25, 0.3) is 0 Å². The van der Waals surface area contributed by atoms with Gasteiger partial charge in [0.05, 0.1) is 18.1 Å². The van der Waals surface area contributed by atoms with E-state index in [4.69, 9.17) is 0 Å². The van der Waals surface area contributed by atoms with Crippen molar-refractivity contribution >= 4 is 45.7 Å². The number of aliphatic imine (C=N–C) groups is 1. The topological polar surface area (TPSA) is 99.7 Å². The zero-order valence-corrected chi connectivity index (χ0v) is 21.1. The van der Waals surface area contributed by atoms with E-state index in [1.54, 1.807) is 0 Å². The Morgan fingerprint density at radius 1 is 1.17 bits per heavy atom. The molecule has 1 amide bonds. The Morgan fingerprint density at radius 3 is 2.52 bits per heavy atom.